The summed E-state index contributed by atoms with van der Waals surface area (Å²) in [5.74, 6) is -0.669. The molecule has 0 saturated carbocycles. The highest BCUT2D eigenvalue weighted by molar-refractivity contribution is 7.92. The molecule has 0 heterocycles. The molecule has 0 saturated heterocycles. The number of sulfonamides is 1. The van der Waals surface area contributed by atoms with Crippen molar-refractivity contribution < 1.29 is 22.7 Å². The zero-order chi connectivity index (χ0) is 33.3. The van der Waals surface area contributed by atoms with E-state index in [0.29, 0.717) is 6.42 Å². The van der Waals surface area contributed by atoms with Crippen molar-refractivity contribution in [3.8, 4) is 5.75 Å². The number of amides is 2. The molecule has 0 aliphatic carbocycles. The number of methoxy groups -OCH3 is 1. The Bertz CT molecular complexity index is 1740. The Hall–Kier alpha value is -4.34. The van der Waals surface area contributed by atoms with Gasteiger partial charge >= 0.3 is 0 Å². The molecule has 4 rings (SSSR count). The van der Waals surface area contributed by atoms with Crippen LogP contribution in [0.25, 0.3) is 0 Å². The Balaban J connectivity index is 1.85. The molecular weight excluding hydrogens is 622 g/mol. The lowest BCUT2D eigenvalue weighted by molar-refractivity contribution is -0.140. The molecule has 1 N–H and O–H groups in total. The van der Waals surface area contributed by atoms with E-state index in [1.165, 1.54) is 30.2 Å². The molecule has 0 aliphatic heterocycles. The molecule has 8 nitrogen and oxygen atoms in total. The SMILES string of the molecule is CC[C@H](C)NC(=O)[C@@H](Cc1ccccc1)N(Cc1cccc(C)c1)C(=O)CN(c1cc(Cl)ccc1OC)S(=O)(=O)c1ccccc1. The summed E-state index contributed by atoms with van der Waals surface area (Å²) in [4.78, 5) is 30.1. The van der Waals surface area contributed by atoms with Crippen LogP contribution in [-0.2, 0) is 32.6 Å². The third-order valence-electron chi connectivity index (χ3n) is 7.73. The number of carbonyl (C=O) groups excluding carboxylic acids is 2. The number of nitrogens with one attached hydrogen (secondary N) is 1. The molecule has 0 aliphatic rings. The van der Waals surface area contributed by atoms with E-state index >= 15 is 0 Å². The van der Waals surface area contributed by atoms with E-state index in [1.807, 2.05) is 75.4 Å². The lowest BCUT2D eigenvalue weighted by atomic mass is 10.0. The number of carbonyl (C=O) groups is 2. The molecule has 2 atom stereocenters. The first kappa shape index (κ1) is 34.5. The second-order valence-corrected chi connectivity index (χ2v) is 13.5. The van der Waals surface area contributed by atoms with Crippen molar-refractivity contribution in [3.63, 3.8) is 0 Å². The van der Waals surface area contributed by atoms with Crippen molar-refractivity contribution in [2.24, 2.45) is 0 Å². The van der Waals surface area contributed by atoms with Crippen LogP contribution in [0.1, 0.15) is 37.0 Å². The van der Waals surface area contributed by atoms with E-state index in [1.54, 1.807) is 30.3 Å². The first-order chi connectivity index (χ1) is 22.0. The molecule has 2 amide bonds. The van der Waals surface area contributed by atoms with Gasteiger partial charge < -0.3 is 15.0 Å². The van der Waals surface area contributed by atoms with Crippen LogP contribution in [0.15, 0.2) is 108 Å². The van der Waals surface area contributed by atoms with Crippen LogP contribution >= 0.6 is 11.6 Å². The highest BCUT2D eigenvalue weighted by Gasteiger charge is 2.36. The van der Waals surface area contributed by atoms with Gasteiger partial charge in [-0.3, -0.25) is 13.9 Å². The van der Waals surface area contributed by atoms with Gasteiger partial charge in [0.05, 0.1) is 17.7 Å². The Kier molecular flexibility index (Phi) is 11.8. The van der Waals surface area contributed by atoms with Gasteiger partial charge in [-0.2, -0.15) is 0 Å². The number of anilines is 1. The molecule has 0 bridgehead atoms. The molecule has 0 unspecified atom stereocenters. The van der Waals surface area contributed by atoms with Crippen molar-refractivity contribution in [3.05, 3.63) is 125 Å². The van der Waals surface area contributed by atoms with E-state index in [0.717, 1.165) is 21.0 Å². The maximum absolute atomic E-state index is 14.6. The number of ether oxygens (including phenoxy) is 1. The third-order valence-corrected chi connectivity index (χ3v) is 9.74. The van der Waals surface area contributed by atoms with E-state index in [4.69, 9.17) is 16.3 Å². The normalized spacial score (nSPS) is 12.5. The van der Waals surface area contributed by atoms with Crippen LogP contribution in [0.5, 0.6) is 5.75 Å². The summed E-state index contributed by atoms with van der Waals surface area (Å²) < 4.78 is 35.0. The number of nitrogens with zero attached hydrogens (tertiary/aromatic N) is 2. The largest absolute Gasteiger partial charge is 0.495 e. The van der Waals surface area contributed by atoms with Gasteiger partial charge in [-0.15, -0.1) is 0 Å². The van der Waals surface area contributed by atoms with E-state index in [-0.39, 0.29) is 46.3 Å². The van der Waals surface area contributed by atoms with Crippen molar-refractivity contribution in [2.75, 3.05) is 18.0 Å². The first-order valence-electron chi connectivity index (χ1n) is 15.1. The molecule has 0 aromatic heterocycles. The fraction of sp³-hybridized carbons (Fsp3) is 0.278. The van der Waals surface area contributed by atoms with Crippen molar-refractivity contribution in [1.82, 2.24) is 10.2 Å². The average Bonchev–Trinajstić information content (AvgIpc) is 3.05. The molecule has 0 spiro atoms. The zero-order valence-electron chi connectivity index (χ0n) is 26.5. The summed E-state index contributed by atoms with van der Waals surface area (Å²) in [6, 6.07) is 28.5. The Labute approximate surface area is 277 Å². The first-order valence-corrected chi connectivity index (χ1v) is 17.0. The van der Waals surface area contributed by atoms with Crippen LogP contribution in [0.2, 0.25) is 5.02 Å². The zero-order valence-corrected chi connectivity index (χ0v) is 28.1. The fourth-order valence-electron chi connectivity index (χ4n) is 5.09. The predicted molar refractivity (Wildman–Crippen MR) is 183 cm³/mol. The van der Waals surface area contributed by atoms with Crippen LogP contribution < -0.4 is 14.4 Å². The van der Waals surface area contributed by atoms with Gasteiger partial charge in [0.15, 0.2) is 0 Å². The van der Waals surface area contributed by atoms with Gasteiger partial charge in [0.25, 0.3) is 10.0 Å². The van der Waals surface area contributed by atoms with Crippen molar-refractivity contribution >= 4 is 39.1 Å². The second kappa shape index (κ2) is 15.8. The van der Waals surface area contributed by atoms with Crippen LogP contribution in [0, 0.1) is 6.92 Å². The van der Waals surface area contributed by atoms with Gasteiger partial charge in [0.2, 0.25) is 11.8 Å². The molecule has 242 valence electrons. The molecule has 4 aromatic carbocycles. The quantitative estimate of drug-likeness (QED) is 0.169. The summed E-state index contributed by atoms with van der Waals surface area (Å²) in [5, 5.41) is 3.31. The van der Waals surface area contributed by atoms with Crippen LogP contribution in [0.3, 0.4) is 0 Å². The summed E-state index contributed by atoms with van der Waals surface area (Å²) >= 11 is 6.35. The Morgan fingerprint density at radius 1 is 0.891 bits per heavy atom. The van der Waals surface area contributed by atoms with Gasteiger partial charge in [-0.25, -0.2) is 8.42 Å². The number of aryl methyl sites for hydroxylation is 1. The number of rotatable bonds is 14. The standard InChI is InChI=1S/C36H40ClN3O5S/c1-5-27(3)38-36(42)33(22-28-14-8-6-9-15-28)39(24-29-16-12-13-26(2)21-29)35(41)25-40(32-23-30(37)19-20-34(32)45-4)46(43,44)31-17-10-7-11-18-31/h6-21,23,27,33H,5,22,24-25H2,1-4H3,(H,38,42)/t27-,33+/m0/s1. The van der Waals surface area contributed by atoms with Crippen LogP contribution in [-0.4, -0.2) is 50.9 Å². The molecular formula is C36H40ClN3O5S. The highest BCUT2D eigenvalue weighted by atomic mass is 35.5. The smallest absolute Gasteiger partial charge is 0.264 e. The highest BCUT2D eigenvalue weighted by Crippen LogP contribution is 2.35. The minimum atomic E-state index is -4.29. The number of hydrogen-bond acceptors (Lipinski definition) is 5. The molecule has 0 radical (unpaired) electrons. The number of halogens is 1. The fourth-order valence-corrected chi connectivity index (χ4v) is 6.70. The maximum atomic E-state index is 14.6. The Morgan fingerprint density at radius 2 is 1.54 bits per heavy atom. The lowest BCUT2D eigenvalue weighted by Gasteiger charge is -2.34. The van der Waals surface area contributed by atoms with Crippen molar-refractivity contribution in [1.29, 1.82) is 0 Å². The second-order valence-electron chi connectivity index (χ2n) is 11.2. The molecule has 10 heteroatoms. The predicted octanol–water partition coefficient (Wildman–Crippen LogP) is 6.41. The topological polar surface area (TPSA) is 96.0 Å². The summed E-state index contributed by atoms with van der Waals surface area (Å²) in [5.41, 5.74) is 2.76. The molecule has 46 heavy (non-hydrogen) atoms. The van der Waals surface area contributed by atoms with Gasteiger partial charge in [-0.1, -0.05) is 96.9 Å². The van der Waals surface area contributed by atoms with E-state index < -0.39 is 28.5 Å². The summed E-state index contributed by atoms with van der Waals surface area (Å²) in [7, 11) is -2.88. The Morgan fingerprint density at radius 3 is 2.17 bits per heavy atom. The molecule has 4 aromatic rings. The number of benzene rings is 4. The van der Waals surface area contributed by atoms with E-state index in [9.17, 15) is 18.0 Å². The van der Waals surface area contributed by atoms with E-state index in [2.05, 4.69) is 5.32 Å². The minimum Gasteiger partial charge on any atom is -0.495 e. The van der Waals surface area contributed by atoms with Crippen LogP contribution in [0.4, 0.5) is 5.69 Å². The van der Waals surface area contributed by atoms with Gasteiger partial charge in [0, 0.05) is 24.0 Å². The average molecular weight is 662 g/mol. The summed E-state index contributed by atoms with van der Waals surface area (Å²) in [6.07, 6.45) is 0.930. The lowest BCUT2D eigenvalue weighted by Crippen LogP contribution is -2.54. The maximum Gasteiger partial charge on any atom is 0.264 e. The van der Waals surface area contributed by atoms with Gasteiger partial charge in [0.1, 0.15) is 18.3 Å². The van der Waals surface area contributed by atoms with Gasteiger partial charge in [-0.05, 0) is 61.7 Å². The summed E-state index contributed by atoms with van der Waals surface area (Å²) in [6.45, 7) is 5.30. The number of hydrogen-bond donors (Lipinski definition) is 1. The monoisotopic (exact) mass is 661 g/mol. The molecule has 0 fully saturated rings. The van der Waals surface area contributed by atoms with Crippen molar-refractivity contribution in [2.45, 2.75) is 57.1 Å². The third kappa shape index (κ3) is 8.68. The minimum absolute atomic E-state index is 0.00888.